The van der Waals surface area contributed by atoms with Crippen LogP contribution in [-0.2, 0) is 29.1 Å². The van der Waals surface area contributed by atoms with Crippen molar-refractivity contribution in [2.24, 2.45) is 5.92 Å². The Kier molecular flexibility index (Phi) is 8.23. The van der Waals surface area contributed by atoms with E-state index in [-0.39, 0.29) is 50.8 Å². The Morgan fingerprint density at radius 2 is 1.87 bits per heavy atom. The molecule has 12 heteroatoms. The lowest BCUT2D eigenvalue weighted by molar-refractivity contribution is -0.138. The number of benzene rings is 2. The number of sulfone groups is 1. The van der Waals surface area contributed by atoms with Crippen molar-refractivity contribution in [3.05, 3.63) is 68.7 Å². The second kappa shape index (κ2) is 11.0. The van der Waals surface area contributed by atoms with Gasteiger partial charge < -0.3 is 4.90 Å². The van der Waals surface area contributed by atoms with Gasteiger partial charge in [-0.25, -0.2) is 13.4 Å². The van der Waals surface area contributed by atoms with Crippen molar-refractivity contribution in [1.29, 1.82) is 0 Å². The molecule has 0 amide bonds. The highest BCUT2D eigenvalue weighted by atomic mass is 35.5. The van der Waals surface area contributed by atoms with Gasteiger partial charge in [-0.1, -0.05) is 18.5 Å². The highest BCUT2D eigenvalue weighted by Gasteiger charge is 2.35. The summed E-state index contributed by atoms with van der Waals surface area (Å²) in [6.07, 6.45) is -2.52. The molecule has 0 aliphatic carbocycles. The molecule has 38 heavy (non-hydrogen) atoms. The van der Waals surface area contributed by atoms with Crippen molar-refractivity contribution in [3.8, 4) is 0 Å². The number of likely N-dealkylation sites (tertiary alicyclic amines) is 1. The van der Waals surface area contributed by atoms with Gasteiger partial charge in [0.15, 0.2) is 9.84 Å². The van der Waals surface area contributed by atoms with Crippen molar-refractivity contribution in [1.82, 2.24) is 19.4 Å². The summed E-state index contributed by atoms with van der Waals surface area (Å²) in [6.45, 7) is 3.67. The minimum absolute atomic E-state index is 0.0147. The third kappa shape index (κ3) is 6.22. The van der Waals surface area contributed by atoms with E-state index in [2.05, 4.69) is 9.88 Å². The van der Waals surface area contributed by atoms with Crippen LogP contribution in [-0.4, -0.2) is 67.3 Å². The topological polar surface area (TPSA) is 75.5 Å². The van der Waals surface area contributed by atoms with Gasteiger partial charge in [0.1, 0.15) is 0 Å². The molecule has 7 nitrogen and oxygen atoms in total. The minimum Gasteiger partial charge on any atom is -0.309 e. The second-order valence-corrected chi connectivity index (χ2v) is 12.7. The van der Waals surface area contributed by atoms with Crippen molar-refractivity contribution in [2.75, 3.05) is 39.5 Å². The van der Waals surface area contributed by atoms with Gasteiger partial charge in [-0.05, 0) is 74.4 Å². The molecule has 1 fully saturated rings. The van der Waals surface area contributed by atoms with Crippen molar-refractivity contribution >= 4 is 32.3 Å². The third-order valence-corrected chi connectivity index (χ3v) is 8.88. The molecule has 0 unspecified atom stereocenters. The lowest BCUT2D eigenvalue weighted by atomic mass is 10.0. The van der Waals surface area contributed by atoms with Crippen LogP contribution in [0.2, 0.25) is 5.02 Å². The molecule has 1 aliphatic rings. The fraction of sp³-hybridized carbons (Fsp3) is 0.462. The molecule has 0 bridgehead atoms. The van der Waals surface area contributed by atoms with Gasteiger partial charge in [-0.2, -0.15) is 13.2 Å². The maximum Gasteiger partial charge on any atom is 0.416 e. The third-order valence-electron chi connectivity index (χ3n) is 6.82. The molecule has 1 aromatic heterocycles. The van der Waals surface area contributed by atoms with Gasteiger partial charge in [-0.15, -0.1) is 0 Å². The van der Waals surface area contributed by atoms with Gasteiger partial charge in [0.05, 0.1) is 40.0 Å². The Morgan fingerprint density at radius 3 is 2.53 bits per heavy atom. The first-order valence-electron chi connectivity index (χ1n) is 12.3. The summed E-state index contributed by atoms with van der Waals surface area (Å²) in [5, 5.41) is 0.0907. The largest absolute Gasteiger partial charge is 0.416 e. The zero-order valence-corrected chi connectivity index (χ0v) is 23.0. The van der Waals surface area contributed by atoms with Crippen LogP contribution in [0.5, 0.6) is 0 Å². The molecule has 1 aliphatic heterocycles. The Bertz CT molecular complexity index is 1510. The lowest BCUT2D eigenvalue weighted by Gasteiger charge is -2.21. The molecule has 1 atom stereocenters. The molecule has 2 heterocycles. The Hall–Kier alpha value is -2.47. The van der Waals surface area contributed by atoms with E-state index in [0.29, 0.717) is 19.0 Å². The van der Waals surface area contributed by atoms with Crippen LogP contribution in [0, 0.1) is 5.92 Å². The molecule has 0 N–H and O–H groups in total. The summed E-state index contributed by atoms with van der Waals surface area (Å²) in [5.74, 6) is 0.231. The molecule has 2 aromatic carbocycles. The maximum atomic E-state index is 14.1. The molecule has 0 saturated carbocycles. The lowest BCUT2D eigenvalue weighted by Crippen LogP contribution is -2.27. The summed E-state index contributed by atoms with van der Waals surface area (Å²) < 4.78 is 68.5. The predicted molar refractivity (Wildman–Crippen MR) is 141 cm³/mol. The average Bonchev–Trinajstić information content (AvgIpc) is 3.25. The highest BCUT2D eigenvalue weighted by Crippen LogP contribution is 2.35. The normalized spacial score (nSPS) is 17.1. The summed E-state index contributed by atoms with van der Waals surface area (Å²) in [4.78, 5) is 21.6. The van der Waals surface area contributed by atoms with E-state index in [1.165, 1.54) is 37.5 Å². The van der Waals surface area contributed by atoms with Crippen molar-refractivity contribution in [2.45, 2.75) is 37.5 Å². The van der Waals surface area contributed by atoms with Crippen LogP contribution < -0.4 is 5.56 Å². The molecule has 3 aromatic rings. The Labute approximate surface area is 224 Å². The van der Waals surface area contributed by atoms with E-state index in [1.807, 2.05) is 19.0 Å². The zero-order valence-electron chi connectivity index (χ0n) is 21.4. The van der Waals surface area contributed by atoms with Crippen molar-refractivity contribution < 1.29 is 21.6 Å². The standard InChI is InChI=1S/C26H30ClF3N4O3S/c1-4-38(36,37)24-6-5-20(27)9-19(24)15-34-16-31-23-10-18(14-33-8-7-17(13-33)12-32(2)3)22(26(28,29)30)11-21(23)25(34)35/h5-6,9-11,16-17H,4,7-8,12-15H2,1-3H3/t17-/m0/s1. The second-order valence-electron chi connectivity index (χ2n) is 10.0. The molecular weight excluding hydrogens is 541 g/mol. The van der Waals surface area contributed by atoms with Gasteiger partial charge in [0.25, 0.3) is 5.56 Å². The highest BCUT2D eigenvalue weighted by molar-refractivity contribution is 7.91. The van der Waals surface area contributed by atoms with E-state index >= 15 is 0 Å². The number of nitrogens with zero attached hydrogens (tertiary/aromatic N) is 4. The Morgan fingerprint density at radius 1 is 1.13 bits per heavy atom. The number of rotatable bonds is 8. The van der Waals surface area contributed by atoms with E-state index in [1.54, 1.807) is 0 Å². The summed E-state index contributed by atoms with van der Waals surface area (Å²) >= 11 is 6.07. The Balaban J connectivity index is 1.72. The first-order valence-corrected chi connectivity index (χ1v) is 14.3. The smallest absolute Gasteiger partial charge is 0.309 e. The van der Waals surface area contributed by atoms with Crippen LogP contribution >= 0.6 is 11.6 Å². The molecule has 0 radical (unpaired) electrons. The quantitative estimate of drug-likeness (QED) is 0.402. The number of aromatic nitrogens is 2. The monoisotopic (exact) mass is 570 g/mol. The van der Waals surface area contributed by atoms with Crippen LogP contribution in [0.3, 0.4) is 0 Å². The molecule has 0 spiro atoms. The number of fused-ring (bicyclic) bond motifs is 1. The van der Waals surface area contributed by atoms with E-state index < -0.39 is 27.1 Å². The number of hydrogen-bond donors (Lipinski definition) is 0. The van der Waals surface area contributed by atoms with Crippen LogP contribution in [0.1, 0.15) is 30.0 Å². The molecular formula is C26H30ClF3N4O3S. The number of halogens is 4. The summed E-state index contributed by atoms with van der Waals surface area (Å²) in [7, 11) is 0.323. The van der Waals surface area contributed by atoms with E-state index in [9.17, 15) is 26.4 Å². The van der Waals surface area contributed by atoms with Crippen molar-refractivity contribution in [3.63, 3.8) is 0 Å². The molecule has 4 rings (SSSR count). The zero-order chi connectivity index (χ0) is 27.8. The van der Waals surface area contributed by atoms with Crippen LogP contribution in [0.15, 0.2) is 46.3 Å². The minimum atomic E-state index is -4.66. The van der Waals surface area contributed by atoms with Gasteiger partial charge in [0.2, 0.25) is 0 Å². The fourth-order valence-electron chi connectivity index (χ4n) is 5.03. The van der Waals surface area contributed by atoms with Gasteiger partial charge in [-0.3, -0.25) is 14.3 Å². The molecule has 206 valence electrons. The van der Waals surface area contributed by atoms with Crippen LogP contribution in [0.4, 0.5) is 13.2 Å². The number of hydrogen-bond acceptors (Lipinski definition) is 6. The molecule has 1 saturated heterocycles. The van der Waals surface area contributed by atoms with Crippen LogP contribution in [0.25, 0.3) is 10.9 Å². The van der Waals surface area contributed by atoms with Gasteiger partial charge in [0, 0.05) is 24.7 Å². The first-order chi connectivity index (χ1) is 17.8. The summed E-state index contributed by atoms with van der Waals surface area (Å²) in [5.41, 5.74) is -1.07. The van der Waals surface area contributed by atoms with E-state index in [4.69, 9.17) is 11.6 Å². The predicted octanol–water partition coefficient (Wildman–Crippen LogP) is 4.29. The van der Waals surface area contributed by atoms with E-state index in [0.717, 1.165) is 23.6 Å². The first kappa shape index (κ1) is 28.5. The van der Waals surface area contributed by atoms with Gasteiger partial charge >= 0.3 is 6.18 Å². The fourth-order valence-corrected chi connectivity index (χ4v) is 6.34. The number of alkyl halides is 3. The summed E-state index contributed by atoms with van der Waals surface area (Å²) in [6, 6.07) is 6.45. The maximum absolute atomic E-state index is 14.1. The SMILES string of the molecule is CCS(=O)(=O)c1ccc(Cl)cc1Cn1cnc2cc(CN3CC[C@@H](CN(C)C)C3)c(C(F)(F)F)cc2c1=O. The average molecular weight is 571 g/mol.